The first-order valence-corrected chi connectivity index (χ1v) is 7.44. The maximum atomic E-state index is 9.46. The third kappa shape index (κ3) is 8.18. The first kappa shape index (κ1) is 10.2. The van der Waals surface area contributed by atoms with E-state index in [4.69, 9.17) is 0 Å². The van der Waals surface area contributed by atoms with Crippen LogP contribution in [0.15, 0.2) is 0 Å². The van der Waals surface area contributed by atoms with E-state index in [0.717, 1.165) is 6.04 Å². The van der Waals surface area contributed by atoms with E-state index in [1.807, 2.05) is 13.1 Å². The zero-order valence-electron chi connectivity index (χ0n) is 7.48. The molecule has 0 atom stereocenters. The summed E-state index contributed by atoms with van der Waals surface area (Å²) >= 11 is 0. The summed E-state index contributed by atoms with van der Waals surface area (Å²) in [5.41, 5.74) is 0. The lowest BCUT2D eigenvalue weighted by Gasteiger charge is -2.12. The maximum Gasteiger partial charge on any atom is 0.182 e. The lowest BCUT2D eigenvalue weighted by atomic mass is 10.2. The Bertz CT molecular complexity index is 75.8. The number of hydrogen-bond acceptors (Lipinski definition) is 1. The smallest absolute Gasteiger partial charge is 0.182 e. The van der Waals surface area contributed by atoms with Gasteiger partial charge in [0.05, 0.1) is 0 Å². The van der Waals surface area contributed by atoms with Gasteiger partial charge >= 0.3 is 0 Å². The van der Waals surface area contributed by atoms with E-state index >= 15 is 0 Å². The lowest BCUT2D eigenvalue weighted by molar-refractivity contribution is 0.539. The van der Waals surface area contributed by atoms with Crippen molar-refractivity contribution in [2.45, 2.75) is 51.7 Å². The zero-order valence-corrected chi connectivity index (χ0v) is 8.48. The van der Waals surface area contributed by atoms with Gasteiger partial charge in [-0.25, -0.2) is 0 Å². The third-order valence-corrected chi connectivity index (χ3v) is 3.22. The molecule has 10 heavy (non-hydrogen) atoms. The molecule has 0 aliphatic rings. The van der Waals surface area contributed by atoms with Gasteiger partial charge in [0.2, 0.25) is 0 Å². The fourth-order valence-corrected chi connectivity index (χ4v) is 2.10. The maximum absolute atomic E-state index is 9.46. The molecule has 62 valence electrons. The molecule has 1 N–H and O–H groups in total. The molecule has 0 radical (unpaired) electrons. The van der Waals surface area contributed by atoms with Gasteiger partial charge in [0.1, 0.15) is 0 Å². The Hall–Kier alpha value is 0.177. The lowest BCUT2D eigenvalue weighted by Crippen LogP contribution is -2.23. The van der Waals surface area contributed by atoms with Crippen LogP contribution in [0.25, 0.3) is 0 Å². The van der Waals surface area contributed by atoms with Crippen LogP contribution in [0.1, 0.15) is 32.6 Å². The Morgan fingerprint density at radius 2 is 1.70 bits per heavy atom. The van der Waals surface area contributed by atoms with Crippen molar-refractivity contribution in [3.63, 3.8) is 0 Å². The highest BCUT2D eigenvalue weighted by atomic mass is 28.4. The van der Waals surface area contributed by atoms with Gasteiger partial charge in [-0.15, -0.1) is 0 Å². The fourth-order valence-electron chi connectivity index (χ4n) is 0.984. The summed E-state index contributed by atoms with van der Waals surface area (Å²) < 4.78 is 0. The summed E-state index contributed by atoms with van der Waals surface area (Å²) in [5, 5.41) is 0. The van der Waals surface area contributed by atoms with E-state index < -0.39 is 8.32 Å². The average molecular weight is 160 g/mol. The monoisotopic (exact) mass is 160 g/mol. The molecule has 0 aliphatic carbocycles. The molecule has 0 rings (SSSR count). The zero-order chi connectivity index (χ0) is 8.04. The number of rotatable bonds is 5. The third-order valence-electron chi connectivity index (χ3n) is 1.64. The number of unbranched alkanes of at least 4 members (excludes halogenated alkanes) is 3. The molecular formula is C8H20OSi. The molecule has 1 nitrogen and oxygen atoms in total. The molecule has 2 heteroatoms. The van der Waals surface area contributed by atoms with Crippen LogP contribution in [0.3, 0.4) is 0 Å². The van der Waals surface area contributed by atoms with E-state index in [-0.39, 0.29) is 0 Å². The Morgan fingerprint density at radius 3 is 2.10 bits per heavy atom. The van der Waals surface area contributed by atoms with Gasteiger partial charge in [-0.3, -0.25) is 0 Å². The van der Waals surface area contributed by atoms with Crippen molar-refractivity contribution >= 4 is 8.32 Å². The van der Waals surface area contributed by atoms with E-state index in [1.54, 1.807) is 0 Å². The van der Waals surface area contributed by atoms with Crippen LogP contribution in [-0.2, 0) is 0 Å². The van der Waals surface area contributed by atoms with Crippen molar-refractivity contribution in [1.82, 2.24) is 0 Å². The predicted octanol–water partition coefficient (Wildman–Crippen LogP) is 2.76. The molecule has 0 amide bonds. The first-order valence-electron chi connectivity index (χ1n) is 4.28. The van der Waals surface area contributed by atoms with E-state index in [0.29, 0.717) is 0 Å². The summed E-state index contributed by atoms with van der Waals surface area (Å²) in [5.74, 6) is 0. The van der Waals surface area contributed by atoms with Crippen LogP contribution in [0.5, 0.6) is 0 Å². The minimum absolute atomic E-state index is 1.08. The van der Waals surface area contributed by atoms with E-state index in [1.165, 1.54) is 25.7 Å². The van der Waals surface area contributed by atoms with Gasteiger partial charge in [0.25, 0.3) is 0 Å². The second-order valence-electron chi connectivity index (χ2n) is 3.62. The van der Waals surface area contributed by atoms with E-state index in [9.17, 15) is 4.80 Å². The molecule has 0 heterocycles. The van der Waals surface area contributed by atoms with Crippen molar-refractivity contribution in [2.24, 2.45) is 0 Å². The summed E-state index contributed by atoms with van der Waals surface area (Å²) in [6.07, 6.45) is 5.13. The predicted molar refractivity (Wildman–Crippen MR) is 48.6 cm³/mol. The minimum atomic E-state index is -1.71. The normalized spacial score (nSPS) is 12.0. The van der Waals surface area contributed by atoms with Crippen molar-refractivity contribution < 1.29 is 4.80 Å². The second kappa shape index (κ2) is 4.91. The highest BCUT2D eigenvalue weighted by molar-refractivity contribution is 6.69. The summed E-state index contributed by atoms with van der Waals surface area (Å²) in [7, 11) is -1.71. The van der Waals surface area contributed by atoms with Crippen molar-refractivity contribution in [2.75, 3.05) is 0 Å². The van der Waals surface area contributed by atoms with Gasteiger partial charge in [-0.1, -0.05) is 32.6 Å². The number of hydrogen-bond donors (Lipinski definition) is 1. The van der Waals surface area contributed by atoms with Gasteiger partial charge in [-0.05, 0) is 19.1 Å². The van der Waals surface area contributed by atoms with Gasteiger partial charge in [-0.2, -0.15) is 0 Å². The summed E-state index contributed by atoms with van der Waals surface area (Å²) in [4.78, 5) is 9.46. The standard InChI is InChI=1S/C8H20OSi/c1-4-5-6-7-8-10(2,3)9/h9H,4-8H2,1-3H3. The second-order valence-corrected chi connectivity index (χ2v) is 7.75. The van der Waals surface area contributed by atoms with Crippen molar-refractivity contribution in [1.29, 1.82) is 0 Å². The molecule has 0 spiro atoms. The van der Waals surface area contributed by atoms with Crippen LogP contribution >= 0.6 is 0 Å². The molecule has 0 unspecified atom stereocenters. The topological polar surface area (TPSA) is 20.2 Å². The SMILES string of the molecule is CCCCCC[Si](C)(C)O. The Kier molecular flexibility index (Phi) is 5.00. The molecule has 0 aliphatic heterocycles. The molecule has 0 fully saturated rings. The van der Waals surface area contributed by atoms with Gasteiger partial charge in [0, 0.05) is 0 Å². The Balaban J connectivity index is 3.04. The largest absolute Gasteiger partial charge is 0.432 e. The van der Waals surface area contributed by atoms with Crippen molar-refractivity contribution in [3.8, 4) is 0 Å². The van der Waals surface area contributed by atoms with E-state index in [2.05, 4.69) is 6.92 Å². The van der Waals surface area contributed by atoms with Crippen LogP contribution in [0.2, 0.25) is 19.1 Å². The van der Waals surface area contributed by atoms with Crippen LogP contribution in [0.4, 0.5) is 0 Å². The molecule has 0 aromatic heterocycles. The van der Waals surface area contributed by atoms with Crippen LogP contribution in [0, 0.1) is 0 Å². The molecule has 0 saturated carbocycles. The quantitative estimate of drug-likeness (QED) is 0.484. The molecule has 0 saturated heterocycles. The van der Waals surface area contributed by atoms with Gasteiger partial charge < -0.3 is 4.80 Å². The van der Waals surface area contributed by atoms with Crippen molar-refractivity contribution in [3.05, 3.63) is 0 Å². The first-order chi connectivity index (χ1) is 4.56. The Labute approximate surface area is 65.6 Å². The fraction of sp³-hybridized carbons (Fsp3) is 1.00. The summed E-state index contributed by atoms with van der Waals surface area (Å²) in [6.45, 7) is 6.24. The Morgan fingerprint density at radius 1 is 1.10 bits per heavy atom. The molecule has 0 bridgehead atoms. The highest BCUT2D eigenvalue weighted by Gasteiger charge is 2.14. The molecular weight excluding hydrogens is 140 g/mol. The highest BCUT2D eigenvalue weighted by Crippen LogP contribution is 2.11. The average Bonchev–Trinajstić information content (AvgIpc) is 1.78. The minimum Gasteiger partial charge on any atom is -0.432 e. The summed E-state index contributed by atoms with van der Waals surface area (Å²) in [6, 6.07) is 1.08. The molecule has 0 aromatic rings. The van der Waals surface area contributed by atoms with Crippen LogP contribution in [-0.4, -0.2) is 13.1 Å². The van der Waals surface area contributed by atoms with Crippen LogP contribution < -0.4 is 0 Å². The molecule has 0 aromatic carbocycles. The van der Waals surface area contributed by atoms with Gasteiger partial charge in [0.15, 0.2) is 8.32 Å².